The average molecular weight is 183 g/mol. The number of hydrogen-bond donors (Lipinski definition) is 1. The molecule has 6 heteroatoms. The second kappa shape index (κ2) is 3.69. The predicted molar refractivity (Wildman–Crippen MR) is 45.4 cm³/mol. The van der Waals surface area contributed by atoms with E-state index in [0.29, 0.717) is 12.1 Å². The Hall–Kier alpha value is -1.17. The van der Waals surface area contributed by atoms with Crippen LogP contribution in [0, 0.1) is 0 Å². The Morgan fingerprint density at radius 1 is 1.69 bits per heavy atom. The molecule has 1 aliphatic heterocycles. The summed E-state index contributed by atoms with van der Waals surface area (Å²) in [5.41, 5.74) is 0. The lowest BCUT2D eigenvalue weighted by Gasteiger charge is -2.09. The van der Waals surface area contributed by atoms with Crippen LogP contribution in [0.3, 0.4) is 0 Å². The first kappa shape index (κ1) is 8.43. The van der Waals surface area contributed by atoms with Crippen LogP contribution < -0.4 is 10.1 Å². The minimum atomic E-state index is 0.480. The Bertz CT molecular complexity index is 268. The molecule has 1 aromatic rings. The lowest BCUT2D eigenvalue weighted by Crippen LogP contribution is -2.27. The smallest absolute Gasteiger partial charge is 0.335 e. The zero-order valence-electron chi connectivity index (χ0n) is 7.60. The van der Waals surface area contributed by atoms with Crippen molar-refractivity contribution >= 4 is 0 Å². The van der Waals surface area contributed by atoms with Gasteiger partial charge < -0.3 is 10.1 Å². The van der Waals surface area contributed by atoms with Crippen molar-refractivity contribution in [1.29, 1.82) is 0 Å². The lowest BCUT2D eigenvalue weighted by molar-refractivity contribution is 0.333. The van der Waals surface area contributed by atoms with E-state index in [-0.39, 0.29) is 0 Å². The fourth-order valence-electron chi connectivity index (χ4n) is 1.58. The van der Waals surface area contributed by atoms with Gasteiger partial charge >= 0.3 is 6.01 Å². The van der Waals surface area contributed by atoms with Crippen LogP contribution in [0.15, 0.2) is 0 Å². The first-order chi connectivity index (χ1) is 6.40. The monoisotopic (exact) mass is 183 g/mol. The summed E-state index contributed by atoms with van der Waals surface area (Å²) in [6, 6.07) is 0.964. The van der Waals surface area contributed by atoms with Crippen LogP contribution >= 0.6 is 0 Å². The van der Waals surface area contributed by atoms with E-state index < -0.39 is 0 Å². The third-order valence-corrected chi connectivity index (χ3v) is 2.24. The van der Waals surface area contributed by atoms with Gasteiger partial charge in [0.05, 0.1) is 13.7 Å². The molecule has 0 radical (unpaired) electrons. The topological polar surface area (TPSA) is 64.9 Å². The van der Waals surface area contributed by atoms with Crippen molar-refractivity contribution in [1.82, 2.24) is 25.5 Å². The zero-order valence-corrected chi connectivity index (χ0v) is 7.60. The highest BCUT2D eigenvalue weighted by Gasteiger charge is 2.17. The van der Waals surface area contributed by atoms with Gasteiger partial charge in [-0.25, -0.2) is 0 Å². The Morgan fingerprint density at radius 3 is 3.31 bits per heavy atom. The lowest BCUT2D eigenvalue weighted by atomic mass is 10.2. The molecule has 1 N–H and O–H groups in total. The maximum Gasteiger partial charge on any atom is 0.335 e. The molecule has 1 aromatic heterocycles. The van der Waals surface area contributed by atoms with Gasteiger partial charge in [0.2, 0.25) is 0 Å². The highest BCUT2D eigenvalue weighted by atomic mass is 16.5. The molecule has 1 unspecified atom stereocenters. The largest absolute Gasteiger partial charge is 0.466 e. The molecular weight excluding hydrogens is 170 g/mol. The van der Waals surface area contributed by atoms with Gasteiger partial charge in [0.15, 0.2) is 0 Å². The molecule has 0 amide bonds. The molecule has 0 spiro atoms. The number of ether oxygens (including phenoxy) is 1. The molecule has 1 fully saturated rings. The van der Waals surface area contributed by atoms with Gasteiger partial charge in [0.1, 0.15) is 0 Å². The van der Waals surface area contributed by atoms with Crippen molar-refractivity contribution in [2.75, 3.05) is 13.7 Å². The van der Waals surface area contributed by atoms with Crippen molar-refractivity contribution in [3.8, 4) is 6.01 Å². The molecule has 0 bridgehead atoms. The molecule has 2 rings (SSSR count). The molecule has 2 heterocycles. The number of hydrogen-bond acceptors (Lipinski definition) is 5. The zero-order chi connectivity index (χ0) is 9.10. The van der Waals surface area contributed by atoms with Crippen LogP contribution in [-0.2, 0) is 6.54 Å². The van der Waals surface area contributed by atoms with Gasteiger partial charge in [0, 0.05) is 6.04 Å². The van der Waals surface area contributed by atoms with Crippen LogP contribution in [0.4, 0.5) is 0 Å². The molecule has 13 heavy (non-hydrogen) atoms. The van der Waals surface area contributed by atoms with E-state index in [4.69, 9.17) is 4.74 Å². The van der Waals surface area contributed by atoms with E-state index in [0.717, 1.165) is 13.1 Å². The maximum absolute atomic E-state index is 4.99. The summed E-state index contributed by atoms with van der Waals surface area (Å²) in [7, 11) is 1.57. The summed E-state index contributed by atoms with van der Waals surface area (Å²) in [5.74, 6) is 0. The minimum Gasteiger partial charge on any atom is -0.466 e. The van der Waals surface area contributed by atoms with Crippen LogP contribution in [0.25, 0.3) is 0 Å². The second-order valence-corrected chi connectivity index (χ2v) is 3.14. The van der Waals surface area contributed by atoms with Crippen molar-refractivity contribution < 1.29 is 4.74 Å². The first-order valence-electron chi connectivity index (χ1n) is 4.43. The molecule has 0 aromatic carbocycles. The number of aromatic nitrogens is 4. The van der Waals surface area contributed by atoms with Gasteiger partial charge in [-0.1, -0.05) is 5.10 Å². The molecular formula is C7H13N5O. The molecule has 72 valence electrons. The molecule has 0 aliphatic carbocycles. The number of rotatable bonds is 3. The number of methoxy groups -OCH3 is 1. The van der Waals surface area contributed by atoms with Crippen LogP contribution in [0.5, 0.6) is 6.01 Å². The van der Waals surface area contributed by atoms with E-state index >= 15 is 0 Å². The van der Waals surface area contributed by atoms with Crippen molar-refractivity contribution in [2.45, 2.75) is 25.4 Å². The number of tetrazole rings is 1. The summed E-state index contributed by atoms with van der Waals surface area (Å²) in [4.78, 5) is 0. The van der Waals surface area contributed by atoms with Crippen molar-refractivity contribution in [2.24, 2.45) is 0 Å². The van der Waals surface area contributed by atoms with E-state index in [1.54, 1.807) is 11.8 Å². The fourth-order valence-corrected chi connectivity index (χ4v) is 1.58. The van der Waals surface area contributed by atoms with E-state index in [1.807, 2.05) is 0 Å². The minimum absolute atomic E-state index is 0.480. The molecule has 1 atom stereocenters. The van der Waals surface area contributed by atoms with Crippen LogP contribution in [-0.4, -0.2) is 39.9 Å². The average Bonchev–Trinajstić information content (AvgIpc) is 2.76. The number of nitrogens with zero attached hydrogens (tertiary/aromatic N) is 4. The van der Waals surface area contributed by atoms with E-state index in [2.05, 4.69) is 20.8 Å². The summed E-state index contributed by atoms with van der Waals surface area (Å²) >= 11 is 0. The quantitative estimate of drug-likeness (QED) is 0.680. The van der Waals surface area contributed by atoms with Gasteiger partial charge in [-0.2, -0.15) is 4.68 Å². The van der Waals surface area contributed by atoms with Gasteiger partial charge in [-0.3, -0.25) is 0 Å². The molecule has 0 saturated carbocycles. The predicted octanol–water partition coefficient (Wildman–Crippen LogP) is -0.566. The van der Waals surface area contributed by atoms with Crippen molar-refractivity contribution in [3.05, 3.63) is 0 Å². The highest BCUT2D eigenvalue weighted by Crippen LogP contribution is 2.09. The SMILES string of the molecule is COc1nnnn1CC1CCCN1. The van der Waals surface area contributed by atoms with Crippen LogP contribution in [0.1, 0.15) is 12.8 Å². The maximum atomic E-state index is 4.99. The van der Waals surface area contributed by atoms with Gasteiger partial charge in [-0.05, 0) is 29.8 Å². The van der Waals surface area contributed by atoms with E-state index in [1.165, 1.54) is 12.8 Å². The Balaban J connectivity index is 1.99. The number of nitrogens with one attached hydrogen (secondary N) is 1. The van der Waals surface area contributed by atoms with Crippen LogP contribution in [0.2, 0.25) is 0 Å². The summed E-state index contributed by atoms with van der Waals surface area (Å²) in [6.07, 6.45) is 2.41. The normalized spacial score (nSPS) is 22.1. The third-order valence-electron chi connectivity index (χ3n) is 2.24. The molecule has 1 saturated heterocycles. The Labute approximate surface area is 76.3 Å². The summed E-state index contributed by atoms with van der Waals surface area (Å²) in [6.45, 7) is 1.88. The Morgan fingerprint density at radius 2 is 2.62 bits per heavy atom. The van der Waals surface area contributed by atoms with Gasteiger partial charge in [0.25, 0.3) is 0 Å². The second-order valence-electron chi connectivity index (χ2n) is 3.14. The first-order valence-corrected chi connectivity index (χ1v) is 4.43. The molecule has 6 nitrogen and oxygen atoms in total. The van der Waals surface area contributed by atoms with Crippen molar-refractivity contribution in [3.63, 3.8) is 0 Å². The summed E-state index contributed by atoms with van der Waals surface area (Å²) < 4.78 is 6.68. The molecule has 1 aliphatic rings. The standard InChI is InChI=1S/C7H13N5O/c1-13-7-9-10-11-12(7)5-6-3-2-4-8-6/h6,8H,2-5H2,1H3. The van der Waals surface area contributed by atoms with Gasteiger partial charge in [-0.15, -0.1) is 0 Å². The van der Waals surface area contributed by atoms with E-state index in [9.17, 15) is 0 Å². The summed E-state index contributed by atoms with van der Waals surface area (Å²) in [5, 5.41) is 14.5. The third kappa shape index (κ3) is 1.77. The fraction of sp³-hybridized carbons (Fsp3) is 0.857. The Kier molecular flexibility index (Phi) is 2.40. The highest BCUT2D eigenvalue weighted by molar-refractivity contribution is 4.88.